The summed E-state index contributed by atoms with van der Waals surface area (Å²) < 4.78 is 145. The maximum absolute atomic E-state index is 13.7. The number of anilines is 9. The molecule has 0 atom stereocenters. The Morgan fingerprint density at radius 2 is 0.770 bits per heavy atom. The van der Waals surface area contributed by atoms with Gasteiger partial charge in [0.1, 0.15) is 39.1 Å². The molecule has 11 N–H and O–H groups in total. The zero-order valence-electron chi connectivity index (χ0n) is 45.6. The first-order chi connectivity index (χ1) is 40.7. The average Bonchev–Trinajstić information content (AvgIpc) is 2.49. The minimum Gasteiger partial charge on any atom is -0.465 e. The highest BCUT2D eigenvalue weighted by Crippen LogP contribution is 2.33. The average molecular weight is 1270 g/mol. The number of aromatic nitrogens is 7. The monoisotopic (exact) mass is 1270 g/mol. The largest absolute Gasteiger partial charge is 0.465 e. The van der Waals surface area contributed by atoms with E-state index in [4.69, 9.17) is 4.74 Å². The quantitative estimate of drug-likeness (QED) is 0.0353. The molecule has 4 aromatic carbocycles. The number of fused-ring (bicyclic) bond motifs is 2. The molecule has 0 spiro atoms. The first-order valence-electron chi connectivity index (χ1n) is 24.9. The van der Waals surface area contributed by atoms with Gasteiger partial charge >= 0.3 is 5.97 Å². The zero-order valence-corrected chi connectivity index (χ0v) is 48.8. The second-order valence-electron chi connectivity index (χ2n) is 19.0. The molecule has 5 heterocycles. The SMILES string of the molecule is CCOC(=O)CNc1nc(Nc2cc(C(=O)Nc3cc(C(=O)Nc4ccc5cc(S(=O)(=O)O)cc(S(=O)(=O)O)c5c4)n(C)c3)n(C)c2)nc(Nc2cc(C(=O)Nc3cc(C(=O)Nc4ccc5cc(S(=O)(=O)O)cc(S(=O)(=O)O)c5c4)n(C)c3)n(C)c2)n1. The number of benzene rings is 4. The molecule has 0 fully saturated rings. The predicted octanol–water partition coefficient (Wildman–Crippen LogP) is 4.99. The number of carbonyl (C=O) groups is 5. The summed E-state index contributed by atoms with van der Waals surface area (Å²) in [7, 11) is -13.6. The van der Waals surface area contributed by atoms with Gasteiger partial charge in [0.05, 0.1) is 39.1 Å². The van der Waals surface area contributed by atoms with Crippen LogP contribution in [0.2, 0.25) is 0 Å². The van der Waals surface area contributed by atoms with Crippen LogP contribution in [0.25, 0.3) is 21.5 Å². The van der Waals surface area contributed by atoms with E-state index < -0.39 is 89.7 Å². The van der Waals surface area contributed by atoms with Gasteiger partial charge in [-0.25, -0.2) is 0 Å². The molecule has 9 aromatic rings. The van der Waals surface area contributed by atoms with E-state index in [1.807, 2.05) is 0 Å². The van der Waals surface area contributed by atoms with Gasteiger partial charge in [-0.2, -0.15) is 48.6 Å². The number of rotatable bonds is 20. The van der Waals surface area contributed by atoms with Gasteiger partial charge in [0.25, 0.3) is 64.1 Å². The van der Waals surface area contributed by atoms with Crippen LogP contribution in [0.1, 0.15) is 48.9 Å². The fraction of sp³-hybridized carbons (Fsp3) is 0.137. The van der Waals surface area contributed by atoms with E-state index in [1.54, 1.807) is 21.0 Å². The van der Waals surface area contributed by atoms with Crippen LogP contribution in [-0.4, -0.2) is 128 Å². The Morgan fingerprint density at radius 3 is 1.11 bits per heavy atom. The molecule has 9 rings (SSSR count). The maximum Gasteiger partial charge on any atom is 0.325 e. The Hall–Kier alpha value is -10.1. The lowest BCUT2D eigenvalue weighted by molar-refractivity contribution is -0.140. The Balaban J connectivity index is 0.872. The molecule has 4 amide bonds. The molecule has 36 heteroatoms. The third-order valence-electron chi connectivity index (χ3n) is 12.8. The van der Waals surface area contributed by atoms with Gasteiger partial charge in [-0.3, -0.25) is 42.2 Å². The molecule has 0 radical (unpaired) electrons. The van der Waals surface area contributed by atoms with E-state index in [9.17, 15) is 75.9 Å². The van der Waals surface area contributed by atoms with Crippen LogP contribution in [0, 0.1) is 0 Å². The summed E-state index contributed by atoms with van der Waals surface area (Å²) >= 11 is 0. The Bertz CT molecular complexity index is 4560. The number of hydrogen-bond donors (Lipinski definition) is 11. The molecule has 454 valence electrons. The molecule has 0 unspecified atom stereocenters. The second-order valence-corrected chi connectivity index (χ2v) is 24.7. The van der Waals surface area contributed by atoms with Crippen molar-refractivity contribution in [2.45, 2.75) is 26.5 Å². The summed E-state index contributed by atoms with van der Waals surface area (Å²) in [6.45, 7) is 1.38. The maximum atomic E-state index is 13.7. The molecular weight excluding hydrogens is 1220 g/mol. The van der Waals surface area contributed by atoms with Crippen molar-refractivity contribution in [3.63, 3.8) is 0 Å². The zero-order chi connectivity index (χ0) is 63.2. The van der Waals surface area contributed by atoms with E-state index in [2.05, 4.69) is 52.2 Å². The number of nitrogens with zero attached hydrogens (tertiary/aromatic N) is 7. The minimum absolute atomic E-state index is 0.00310. The number of nitrogens with one attached hydrogen (secondary N) is 7. The highest BCUT2D eigenvalue weighted by molar-refractivity contribution is 7.87. The fourth-order valence-corrected chi connectivity index (χ4v) is 11.6. The molecule has 87 heavy (non-hydrogen) atoms. The van der Waals surface area contributed by atoms with Crippen LogP contribution >= 0.6 is 0 Å². The molecule has 0 saturated heterocycles. The van der Waals surface area contributed by atoms with E-state index in [-0.39, 0.29) is 98.1 Å². The highest BCUT2D eigenvalue weighted by Gasteiger charge is 2.25. The Kier molecular flexibility index (Phi) is 16.5. The van der Waals surface area contributed by atoms with Crippen LogP contribution < -0.4 is 37.2 Å². The number of hydrogen-bond acceptors (Lipinski definition) is 20. The van der Waals surface area contributed by atoms with Crippen LogP contribution in [0.15, 0.2) is 129 Å². The van der Waals surface area contributed by atoms with Crippen LogP contribution in [0.5, 0.6) is 0 Å². The summed E-state index contributed by atoms with van der Waals surface area (Å²) in [6, 6.07) is 16.3. The first kappa shape index (κ1) is 61.5. The lowest BCUT2D eigenvalue weighted by atomic mass is 10.1. The minimum atomic E-state index is -5.02. The third-order valence-corrected chi connectivity index (χ3v) is 16.2. The smallest absolute Gasteiger partial charge is 0.325 e. The second kappa shape index (κ2) is 23.4. The molecule has 0 aliphatic carbocycles. The Morgan fingerprint density at radius 1 is 0.437 bits per heavy atom. The summed E-state index contributed by atoms with van der Waals surface area (Å²) in [5.41, 5.74) is 1.32. The summed E-state index contributed by atoms with van der Waals surface area (Å²) in [6.07, 6.45) is 5.97. The highest BCUT2D eigenvalue weighted by atomic mass is 32.2. The lowest BCUT2D eigenvalue weighted by Gasteiger charge is -2.10. The molecule has 0 saturated carbocycles. The number of ether oxygens (including phenoxy) is 1. The topological polar surface area (TPSA) is 455 Å². The van der Waals surface area contributed by atoms with Crippen molar-refractivity contribution in [1.82, 2.24) is 33.2 Å². The molecule has 0 bridgehead atoms. The first-order valence-corrected chi connectivity index (χ1v) is 30.6. The molecule has 0 aliphatic rings. The van der Waals surface area contributed by atoms with E-state index in [1.165, 1.54) is 118 Å². The third kappa shape index (κ3) is 14.0. The fourth-order valence-electron chi connectivity index (χ4n) is 8.88. The predicted molar refractivity (Wildman–Crippen MR) is 312 cm³/mol. The van der Waals surface area contributed by atoms with Gasteiger partial charge in [0.2, 0.25) is 17.8 Å². The van der Waals surface area contributed by atoms with Crippen molar-refractivity contribution in [3.05, 3.63) is 132 Å². The number of aryl methyl sites for hydroxylation is 4. The number of esters is 1. The van der Waals surface area contributed by atoms with Crippen LogP contribution in [0.3, 0.4) is 0 Å². The van der Waals surface area contributed by atoms with Crippen molar-refractivity contribution in [2.75, 3.05) is 50.4 Å². The molecular formula is C51H48N14O18S4. The molecule has 5 aromatic heterocycles. The summed E-state index contributed by atoms with van der Waals surface area (Å²) in [4.78, 5) is 76.7. The van der Waals surface area contributed by atoms with E-state index in [0.29, 0.717) is 23.5 Å². The van der Waals surface area contributed by atoms with Crippen molar-refractivity contribution < 1.29 is 80.6 Å². The van der Waals surface area contributed by atoms with Crippen molar-refractivity contribution >= 4 is 144 Å². The van der Waals surface area contributed by atoms with E-state index in [0.717, 1.165) is 12.1 Å². The van der Waals surface area contributed by atoms with Crippen molar-refractivity contribution in [1.29, 1.82) is 0 Å². The number of amides is 4. The van der Waals surface area contributed by atoms with Gasteiger partial charge in [0.15, 0.2) is 0 Å². The lowest BCUT2D eigenvalue weighted by Crippen LogP contribution is -2.19. The molecule has 0 aliphatic heterocycles. The van der Waals surface area contributed by atoms with E-state index >= 15 is 0 Å². The van der Waals surface area contributed by atoms with Crippen LogP contribution in [-0.2, 0) is 78.2 Å². The standard InChI is InChI=1S/C51H48N14O18S4/c1-6-83-44(66)21-52-49-59-50(57-32-17-40(64(4)24-32)47(69)55-30-15-38(62(2)22-30)45(67)53-28-9-7-26-11-34(84(71,72)73)19-42(36(26)13-28)86(77,78)79)61-51(60-49)58-33-18-41(65(5)25-33)48(70)56-31-16-39(63(3)23-31)46(68)54-29-10-8-27-12-35(85(74,75)76)20-43(37(27)14-29)87(80,81)82/h7-20,22-25H,6,21H2,1-5H3,(H,53,67)(H,54,68)(H,55,69)(H,56,70)(H,71,72,73)(H,74,75,76)(H,77,78,79)(H,80,81,82)(H3,52,57,58,59,60,61). The van der Waals surface area contributed by atoms with Crippen molar-refractivity contribution in [3.8, 4) is 0 Å². The number of carbonyl (C=O) groups excluding carboxylic acids is 5. The van der Waals surface area contributed by atoms with Crippen molar-refractivity contribution in [2.24, 2.45) is 28.2 Å². The van der Waals surface area contributed by atoms with Gasteiger partial charge < -0.3 is 60.2 Å². The van der Waals surface area contributed by atoms with Gasteiger partial charge in [0, 0.05) is 75.1 Å². The van der Waals surface area contributed by atoms with Crippen LogP contribution in [0.4, 0.5) is 52.0 Å². The summed E-state index contributed by atoms with van der Waals surface area (Å²) in [5, 5.41) is 19.1. The van der Waals surface area contributed by atoms with Gasteiger partial charge in [-0.15, -0.1) is 0 Å². The van der Waals surface area contributed by atoms with Gasteiger partial charge in [-0.05, 0) is 90.5 Å². The van der Waals surface area contributed by atoms with Gasteiger partial charge in [-0.1, -0.05) is 12.1 Å². The summed E-state index contributed by atoms with van der Waals surface area (Å²) in [5.74, 6) is -3.58. The normalized spacial score (nSPS) is 12.0. The Labute approximate surface area is 492 Å². The molecule has 32 nitrogen and oxygen atoms in total.